The molecule has 0 aliphatic carbocycles. The van der Waals surface area contributed by atoms with Crippen molar-refractivity contribution in [3.8, 4) is 56.9 Å². The van der Waals surface area contributed by atoms with Crippen molar-refractivity contribution in [3.05, 3.63) is 178 Å². The Morgan fingerprint density at radius 1 is 0.626 bits per heavy atom. The monoisotopic (exact) mass is 1240 g/mol. The molecule has 0 spiro atoms. The average Bonchev–Trinajstić information content (AvgIpc) is 1.71. The number of phenolic OH excluding ortho intramolecular Hbond substituents is 2. The van der Waals surface area contributed by atoms with Crippen LogP contribution in [0.25, 0.3) is 68.1 Å². The summed E-state index contributed by atoms with van der Waals surface area (Å²) >= 11 is 0. The third kappa shape index (κ3) is 11.7. The van der Waals surface area contributed by atoms with Crippen LogP contribution in [-0.2, 0) is 19.1 Å². The van der Waals surface area contributed by atoms with Crippen LogP contribution in [-0.4, -0.2) is 123 Å². The number of aromatic nitrogens is 8. The number of carbonyl (C=O) groups excluding carboxylic acids is 3. The summed E-state index contributed by atoms with van der Waals surface area (Å²) in [5.41, 5.74) is 4.18. The highest BCUT2D eigenvalue weighted by atomic mass is 19.1. The number of rotatable bonds is 11. The molecule has 1 amide bonds. The van der Waals surface area contributed by atoms with Crippen molar-refractivity contribution < 1.29 is 47.6 Å². The molecular weight excluding hydrogens is 1170 g/mol. The van der Waals surface area contributed by atoms with Crippen molar-refractivity contribution in [2.75, 3.05) is 49.2 Å². The number of ether oxygens (including phenoxy) is 3. The summed E-state index contributed by atoms with van der Waals surface area (Å²) in [4.78, 5) is 94.9. The van der Waals surface area contributed by atoms with Crippen molar-refractivity contribution in [1.29, 1.82) is 0 Å². The van der Waals surface area contributed by atoms with E-state index in [4.69, 9.17) is 19.4 Å². The van der Waals surface area contributed by atoms with Crippen LogP contribution in [0, 0.1) is 25.5 Å². The molecule has 12 rings (SSSR count). The number of benzene rings is 2. The van der Waals surface area contributed by atoms with Crippen LogP contribution in [0.1, 0.15) is 92.4 Å². The van der Waals surface area contributed by atoms with Gasteiger partial charge >= 0.3 is 23.3 Å². The summed E-state index contributed by atoms with van der Waals surface area (Å²) in [6.45, 7) is 31.8. The quantitative estimate of drug-likeness (QED) is 0.0694. The van der Waals surface area contributed by atoms with Gasteiger partial charge in [-0.15, -0.1) is 0 Å². The first-order valence-electron chi connectivity index (χ1n) is 29.5. The Bertz CT molecular complexity index is 4410. The molecule has 2 aromatic carbocycles. The molecule has 6 aromatic heterocycles. The minimum atomic E-state index is -0.764. The maximum absolute atomic E-state index is 15.4. The maximum atomic E-state index is 15.4. The van der Waals surface area contributed by atoms with E-state index in [1.165, 1.54) is 57.7 Å². The number of esters is 2. The largest absolute Gasteiger partial charge is 0.507 e. The number of hydrogen-bond acceptors (Lipinski definition) is 18. The topological polar surface area (TPSA) is 250 Å². The summed E-state index contributed by atoms with van der Waals surface area (Å²) in [7, 11) is 0. The predicted octanol–water partition coefficient (Wildman–Crippen LogP) is 10.3. The van der Waals surface area contributed by atoms with E-state index in [0.29, 0.717) is 94.0 Å². The SMILES string of the molecule is C=CC(=O)N1CCN2c3nc(=O)n(-c4c(C)ccnc4C(C)C)c4nc(-c5c(O)cccc5F)c(C=C)c(c34)OC[C@H]2C1.C=CC(=O)OC(=O)C=C.C=Cc1c(-c2c(O)cccc2F)nc2c3c(nc(=O)n2-c2c(C)ccnc2C(C)C)N2CCCC[C@@H]2COc13. The van der Waals surface area contributed by atoms with E-state index in [2.05, 4.69) is 62.5 Å². The minimum Gasteiger partial charge on any atom is -0.507 e. The van der Waals surface area contributed by atoms with Gasteiger partial charge in [0.05, 0.1) is 57.4 Å². The smallest absolute Gasteiger partial charge is 0.355 e. The summed E-state index contributed by atoms with van der Waals surface area (Å²) in [5, 5.41) is 22.5. The molecule has 2 N–H and O–H groups in total. The number of halogens is 2. The van der Waals surface area contributed by atoms with Crippen LogP contribution in [0.5, 0.6) is 23.0 Å². The lowest BCUT2D eigenvalue weighted by atomic mass is 10.0. The Morgan fingerprint density at radius 3 is 1.52 bits per heavy atom. The van der Waals surface area contributed by atoms with E-state index < -0.39 is 35.0 Å². The van der Waals surface area contributed by atoms with Crippen molar-refractivity contribution in [3.63, 3.8) is 0 Å². The Hall–Kier alpha value is -10.7. The Morgan fingerprint density at radius 2 is 1.09 bits per heavy atom. The first-order chi connectivity index (χ1) is 43.7. The van der Waals surface area contributed by atoms with Crippen LogP contribution in [0.4, 0.5) is 20.4 Å². The molecule has 91 heavy (non-hydrogen) atoms. The van der Waals surface area contributed by atoms with Crippen LogP contribution >= 0.6 is 0 Å². The van der Waals surface area contributed by atoms with Gasteiger partial charge in [-0.1, -0.05) is 84.9 Å². The number of aryl methyl sites for hydroxylation is 2. The van der Waals surface area contributed by atoms with Crippen LogP contribution in [0.15, 0.2) is 122 Å². The van der Waals surface area contributed by atoms with Gasteiger partial charge in [0, 0.05) is 61.9 Å². The molecule has 4 aliphatic rings. The highest BCUT2D eigenvalue weighted by Crippen LogP contribution is 2.48. The molecule has 4 aliphatic heterocycles. The third-order valence-electron chi connectivity index (χ3n) is 16.2. The fourth-order valence-corrected chi connectivity index (χ4v) is 12.0. The first kappa shape index (κ1) is 63.3. The standard InChI is InChI=1S/C32H31FN6O4.C30H30FN5O3.C6H6O3/c1-6-20-27(24-21(33)9-8-10-22(24)40)35-31-25-29(20)43-16-19-15-37(23(41)7-2)13-14-38(19)30(25)36-32(42)39(31)28-18(5)11-12-34-26(28)17(3)4;1-5-19-25(22-20(31)10-8-11-21(22)37)33-29-23-27(19)39-15-18-9-6-7-14-35(18)28(23)34-30(38)36(29)26-17(4)12-13-32-24(26)16(2)3;1-3-5(7)9-6(8)4-2/h6-12,17,19,40H,1-2,13-16H2,3-5H3;5,8,10-13,16,18,37H,1,6-7,9,14-15H2,2-4H3;3-4H,1-2H2/t19-;18-;/m11./s1. The molecule has 8 aromatic rings. The first-order valence-corrected chi connectivity index (χ1v) is 29.5. The van der Waals surface area contributed by atoms with Gasteiger partial charge in [-0.3, -0.25) is 14.8 Å². The van der Waals surface area contributed by atoms with Crippen molar-refractivity contribution >= 4 is 63.7 Å². The molecule has 0 radical (unpaired) electrons. The van der Waals surface area contributed by atoms with Gasteiger partial charge in [-0.25, -0.2) is 47.1 Å². The molecule has 2 atom stereocenters. The Labute approximate surface area is 522 Å². The van der Waals surface area contributed by atoms with E-state index in [0.717, 1.165) is 49.1 Å². The highest BCUT2D eigenvalue weighted by molar-refractivity contribution is 6.02. The van der Waals surface area contributed by atoms with Gasteiger partial charge in [0.2, 0.25) is 5.91 Å². The zero-order valence-corrected chi connectivity index (χ0v) is 51.2. The number of amides is 1. The number of fused-ring (bicyclic) bond motifs is 4. The van der Waals surface area contributed by atoms with Crippen LogP contribution in [0.3, 0.4) is 0 Å². The molecule has 0 unspecified atom stereocenters. The molecule has 0 saturated carbocycles. The van der Waals surface area contributed by atoms with Gasteiger partial charge in [0.1, 0.15) is 70.3 Å². The van der Waals surface area contributed by atoms with E-state index in [1.807, 2.05) is 52.5 Å². The molecule has 2 saturated heterocycles. The summed E-state index contributed by atoms with van der Waals surface area (Å²) in [5.74, 6) is -2.13. The van der Waals surface area contributed by atoms with Gasteiger partial charge < -0.3 is 39.1 Å². The summed E-state index contributed by atoms with van der Waals surface area (Å²) in [6, 6.07) is 11.4. The van der Waals surface area contributed by atoms with E-state index in [9.17, 15) is 34.2 Å². The number of hydrogen-bond donors (Lipinski definition) is 2. The Balaban J connectivity index is 0.000000177. The molecule has 21 nitrogen and oxygen atoms in total. The zero-order chi connectivity index (χ0) is 65.3. The number of piperazine rings is 1. The number of pyridine rings is 4. The molecule has 10 heterocycles. The van der Waals surface area contributed by atoms with E-state index in [-0.39, 0.29) is 81.7 Å². The second-order valence-corrected chi connectivity index (χ2v) is 22.6. The van der Waals surface area contributed by atoms with E-state index in [1.54, 1.807) is 29.4 Å². The highest BCUT2D eigenvalue weighted by Gasteiger charge is 2.39. The van der Waals surface area contributed by atoms with Gasteiger partial charge in [-0.05, 0) is 98.5 Å². The second-order valence-electron chi connectivity index (χ2n) is 22.6. The van der Waals surface area contributed by atoms with Crippen molar-refractivity contribution in [1.82, 2.24) is 43.9 Å². The number of aromatic hydroxyl groups is 2. The number of piperidine rings is 1. The van der Waals surface area contributed by atoms with Gasteiger partial charge in [-0.2, -0.15) is 9.97 Å². The lowest BCUT2D eigenvalue weighted by molar-refractivity contribution is -0.152. The number of nitrogens with zero attached hydrogens (tertiary/aromatic N) is 11. The normalized spacial score (nSPS) is 15.5. The fraction of sp³-hybridized carbons (Fsp3) is 0.279. The lowest BCUT2D eigenvalue weighted by Crippen LogP contribution is -2.56. The van der Waals surface area contributed by atoms with Crippen molar-refractivity contribution in [2.45, 2.75) is 84.7 Å². The number of anilines is 2. The summed E-state index contributed by atoms with van der Waals surface area (Å²) in [6.07, 6.45) is 12.5. The zero-order valence-electron chi connectivity index (χ0n) is 51.2. The molecular formula is C68H67F2N11O10. The van der Waals surface area contributed by atoms with Gasteiger partial charge in [0.25, 0.3) is 0 Å². The molecule has 23 heteroatoms. The van der Waals surface area contributed by atoms with Crippen LogP contribution < -0.4 is 30.7 Å². The molecule has 2 fully saturated rings. The predicted molar refractivity (Wildman–Crippen MR) is 343 cm³/mol. The Kier molecular flexibility index (Phi) is 18.2. The van der Waals surface area contributed by atoms with Gasteiger partial charge in [0.15, 0.2) is 11.3 Å². The van der Waals surface area contributed by atoms with E-state index >= 15 is 8.78 Å². The summed E-state index contributed by atoms with van der Waals surface area (Å²) < 4.78 is 50.5. The number of phenols is 2. The fourth-order valence-electron chi connectivity index (χ4n) is 12.0. The maximum Gasteiger partial charge on any atom is 0.355 e. The average molecular weight is 1240 g/mol. The van der Waals surface area contributed by atoms with Crippen molar-refractivity contribution in [2.24, 2.45) is 0 Å². The molecule has 0 bridgehead atoms. The minimum absolute atomic E-state index is 0.00179. The van der Waals surface area contributed by atoms with Crippen LogP contribution in [0.2, 0.25) is 0 Å². The number of carbonyl (C=O) groups is 3. The second kappa shape index (κ2) is 26.2. The molecule has 468 valence electrons. The lowest BCUT2D eigenvalue weighted by Gasteiger charge is -2.40. The third-order valence-corrected chi connectivity index (χ3v) is 16.2.